The maximum atomic E-state index is 13.4. The van der Waals surface area contributed by atoms with Crippen LogP contribution in [0, 0.1) is 5.92 Å². The SMILES string of the molecule is CC(C)C(=O)N1Cc2c(sc3c2CCCC3)-n2cccc2C1c1ccccc1. The molecule has 3 aromatic rings. The highest BCUT2D eigenvalue weighted by Gasteiger charge is 2.36. The third-order valence-corrected chi connectivity index (χ3v) is 7.40. The summed E-state index contributed by atoms with van der Waals surface area (Å²) in [5.41, 5.74) is 5.27. The molecule has 2 aliphatic rings. The quantitative estimate of drug-likeness (QED) is 0.567. The summed E-state index contributed by atoms with van der Waals surface area (Å²) < 4.78 is 2.35. The highest BCUT2D eigenvalue weighted by atomic mass is 32.1. The molecular formula is C24H26N2OS. The van der Waals surface area contributed by atoms with Crippen LogP contribution in [0.15, 0.2) is 48.7 Å². The number of rotatable bonds is 2. The van der Waals surface area contributed by atoms with E-state index < -0.39 is 0 Å². The van der Waals surface area contributed by atoms with Gasteiger partial charge in [0.15, 0.2) is 0 Å². The predicted octanol–water partition coefficient (Wildman–Crippen LogP) is 5.51. The lowest BCUT2D eigenvalue weighted by Crippen LogP contribution is -2.37. The van der Waals surface area contributed by atoms with Crippen molar-refractivity contribution in [2.75, 3.05) is 0 Å². The minimum Gasteiger partial charge on any atom is -0.325 e. The van der Waals surface area contributed by atoms with E-state index in [0.717, 1.165) is 6.42 Å². The Bertz CT molecular complexity index is 1010. The topological polar surface area (TPSA) is 25.2 Å². The molecule has 28 heavy (non-hydrogen) atoms. The normalized spacial score (nSPS) is 18.4. The lowest BCUT2D eigenvalue weighted by atomic mass is 9.94. The summed E-state index contributed by atoms with van der Waals surface area (Å²) in [6.45, 7) is 4.73. The van der Waals surface area contributed by atoms with E-state index >= 15 is 0 Å². The van der Waals surface area contributed by atoms with Gasteiger partial charge in [0.25, 0.3) is 0 Å². The summed E-state index contributed by atoms with van der Waals surface area (Å²) in [6.07, 6.45) is 7.05. The number of aromatic nitrogens is 1. The lowest BCUT2D eigenvalue weighted by molar-refractivity contribution is -0.137. The summed E-state index contributed by atoms with van der Waals surface area (Å²) >= 11 is 1.94. The monoisotopic (exact) mass is 390 g/mol. The minimum absolute atomic E-state index is 0.0226. The lowest BCUT2D eigenvalue weighted by Gasteiger charge is -2.32. The standard InChI is InChI=1S/C24H26N2OS/c1-16(2)23(27)26-15-19-18-11-6-7-13-21(18)28-24(19)25-14-8-12-20(25)22(26)17-9-4-3-5-10-17/h3-5,8-10,12,14,16,22H,6-7,11,13,15H2,1-2H3. The van der Waals surface area contributed by atoms with Crippen LogP contribution in [0.3, 0.4) is 0 Å². The molecule has 0 saturated heterocycles. The summed E-state index contributed by atoms with van der Waals surface area (Å²) in [5.74, 6) is 0.204. The Morgan fingerprint density at radius 1 is 1.04 bits per heavy atom. The fraction of sp³-hybridized carbons (Fsp3) is 0.375. The van der Waals surface area contributed by atoms with Gasteiger partial charge in [0.2, 0.25) is 5.91 Å². The fourth-order valence-electron chi connectivity index (χ4n) is 4.72. The Hall–Kier alpha value is -2.33. The first-order valence-corrected chi connectivity index (χ1v) is 11.1. The number of aryl methyl sites for hydroxylation is 1. The fourth-order valence-corrected chi connectivity index (χ4v) is 6.12. The number of amides is 1. The Morgan fingerprint density at radius 3 is 2.61 bits per heavy atom. The highest BCUT2D eigenvalue weighted by Crippen LogP contribution is 2.44. The summed E-state index contributed by atoms with van der Waals surface area (Å²) in [6, 6.07) is 14.7. The molecule has 1 aliphatic carbocycles. The van der Waals surface area contributed by atoms with Gasteiger partial charge in [-0.2, -0.15) is 0 Å². The molecule has 1 aromatic carbocycles. The van der Waals surface area contributed by atoms with Gasteiger partial charge in [0, 0.05) is 29.1 Å². The van der Waals surface area contributed by atoms with Crippen LogP contribution < -0.4 is 0 Å². The average Bonchev–Trinajstić information content (AvgIpc) is 3.30. The Kier molecular flexibility index (Phi) is 4.39. The smallest absolute Gasteiger partial charge is 0.226 e. The molecule has 1 unspecified atom stereocenters. The number of carbonyl (C=O) groups is 1. The molecule has 5 rings (SSSR count). The molecule has 0 bridgehead atoms. The molecule has 144 valence electrons. The van der Waals surface area contributed by atoms with Crippen LogP contribution in [0.25, 0.3) is 5.00 Å². The van der Waals surface area contributed by atoms with Crippen molar-refractivity contribution >= 4 is 17.2 Å². The van der Waals surface area contributed by atoms with Gasteiger partial charge >= 0.3 is 0 Å². The Morgan fingerprint density at radius 2 is 1.82 bits per heavy atom. The molecular weight excluding hydrogens is 364 g/mol. The molecule has 3 nitrogen and oxygen atoms in total. The van der Waals surface area contributed by atoms with E-state index in [1.54, 1.807) is 0 Å². The Labute approximate surface area is 170 Å². The second-order valence-corrected chi connectivity index (χ2v) is 9.32. The van der Waals surface area contributed by atoms with E-state index in [9.17, 15) is 4.79 Å². The zero-order valence-electron chi connectivity index (χ0n) is 16.5. The van der Waals surface area contributed by atoms with Crippen molar-refractivity contribution in [1.29, 1.82) is 0 Å². The van der Waals surface area contributed by atoms with E-state index in [1.807, 2.05) is 31.3 Å². The number of thiophene rings is 1. The average molecular weight is 391 g/mol. The predicted molar refractivity (Wildman–Crippen MR) is 114 cm³/mol. The number of carbonyl (C=O) groups excluding carboxylic acids is 1. The van der Waals surface area contributed by atoms with Gasteiger partial charge < -0.3 is 9.47 Å². The second kappa shape index (κ2) is 6.93. The van der Waals surface area contributed by atoms with Gasteiger partial charge in [-0.3, -0.25) is 4.79 Å². The molecule has 1 atom stereocenters. The molecule has 0 radical (unpaired) electrons. The first kappa shape index (κ1) is 17.7. The highest BCUT2D eigenvalue weighted by molar-refractivity contribution is 7.15. The molecule has 1 aliphatic heterocycles. The number of fused-ring (bicyclic) bond motifs is 5. The van der Waals surface area contributed by atoms with Crippen LogP contribution in [0.5, 0.6) is 0 Å². The molecule has 1 amide bonds. The van der Waals surface area contributed by atoms with Gasteiger partial charge in [0.1, 0.15) is 5.00 Å². The minimum atomic E-state index is -0.0510. The third-order valence-electron chi connectivity index (χ3n) is 6.07. The molecule has 3 heterocycles. The van der Waals surface area contributed by atoms with Gasteiger partial charge in [-0.1, -0.05) is 44.2 Å². The molecule has 0 fully saturated rings. The molecule has 4 heteroatoms. The first-order valence-electron chi connectivity index (χ1n) is 10.3. The van der Waals surface area contributed by atoms with Gasteiger partial charge in [-0.15, -0.1) is 11.3 Å². The molecule has 0 saturated carbocycles. The van der Waals surface area contributed by atoms with Crippen molar-refractivity contribution in [3.8, 4) is 5.00 Å². The number of benzene rings is 1. The van der Waals surface area contributed by atoms with Crippen molar-refractivity contribution in [1.82, 2.24) is 9.47 Å². The summed E-state index contributed by atoms with van der Waals surface area (Å²) in [5, 5.41) is 1.33. The van der Waals surface area contributed by atoms with Crippen molar-refractivity contribution in [2.24, 2.45) is 5.92 Å². The molecule has 0 N–H and O–H groups in total. The Balaban J connectivity index is 1.74. The van der Waals surface area contributed by atoms with Crippen molar-refractivity contribution in [2.45, 2.75) is 52.1 Å². The maximum Gasteiger partial charge on any atom is 0.226 e. The maximum absolute atomic E-state index is 13.4. The van der Waals surface area contributed by atoms with E-state index in [1.165, 1.54) is 51.5 Å². The van der Waals surface area contributed by atoms with Crippen molar-refractivity contribution in [3.05, 3.63) is 75.9 Å². The third kappa shape index (κ3) is 2.74. The van der Waals surface area contributed by atoms with E-state index in [-0.39, 0.29) is 17.9 Å². The van der Waals surface area contributed by atoms with Crippen molar-refractivity contribution < 1.29 is 4.79 Å². The van der Waals surface area contributed by atoms with Crippen LogP contribution in [0.1, 0.15) is 60.0 Å². The van der Waals surface area contributed by atoms with Crippen LogP contribution in [-0.4, -0.2) is 15.4 Å². The van der Waals surface area contributed by atoms with Crippen LogP contribution in [0.2, 0.25) is 0 Å². The summed E-state index contributed by atoms with van der Waals surface area (Å²) in [4.78, 5) is 17.0. The number of hydrogen-bond donors (Lipinski definition) is 0. The first-order chi connectivity index (χ1) is 13.6. The molecule has 2 aromatic heterocycles. The van der Waals surface area contributed by atoms with E-state index in [2.05, 4.69) is 52.1 Å². The summed E-state index contributed by atoms with van der Waals surface area (Å²) in [7, 11) is 0. The second-order valence-electron chi connectivity index (χ2n) is 8.23. The van der Waals surface area contributed by atoms with Crippen LogP contribution in [-0.2, 0) is 24.2 Å². The van der Waals surface area contributed by atoms with Gasteiger partial charge in [-0.25, -0.2) is 0 Å². The van der Waals surface area contributed by atoms with Crippen LogP contribution >= 0.6 is 11.3 Å². The number of nitrogens with zero attached hydrogens (tertiary/aromatic N) is 2. The van der Waals surface area contributed by atoms with Gasteiger partial charge in [0.05, 0.1) is 11.7 Å². The van der Waals surface area contributed by atoms with E-state index in [4.69, 9.17) is 0 Å². The van der Waals surface area contributed by atoms with Crippen molar-refractivity contribution in [3.63, 3.8) is 0 Å². The van der Waals surface area contributed by atoms with Crippen LogP contribution in [0.4, 0.5) is 0 Å². The zero-order chi connectivity index (χ0) is 19.3. The molecule has 0 spiro atoms. The number of hydrogen-bond acceptors (Lipinski definition) is 2. The van der Waals surface area contributed by atoms with Gasteiger partial charge in [-0.05, 0) is 48.9 Å². The van der Waals surface area contributed by atoms with E-state index in [0.29, 0.717) is 6.54 Å². The largest absolute Gasteiger partial charge is 0.325 e. The zero-order valence-corrected chi connectivity index (χ0v) is 17.3.